The Hall–Kier alpha value is -2.03. The molecule has 0 amide bonds. The molecule has 0 spiro atoms. The Kier molecular flexibility index (Phi) is 9.04. The van der Waals surface area contributed by atoms with Gasteiger partial charge in [0.25, 0.3) is 0 Å². The van der Waals surface area contributed by atoms with E-state index in [2.05, 4.69) is 39.5 Å². The Labute approximate surface area is 180 Å². The van der Waals surface area contributed by atoms with Crippen molar-refractivity contribution in [1.29, 1.82) is 0 Å². The molecule has 0 aromatic heterocycles. The second kappa shape index (κ2) is 12.0. The summed E-state index contributed by atoms with van der Waals surface area (Å²) >= 11 is 0. The minimum Gasteiger partial charge on any atom is -0.497 e. The zero-order chi connectivity index (χ0) is 21.2. The van der Waals surface area contributed by atoms with Crippen molar-refractivity contribution < 1.29 is 14.2 Å². The van der Waals surface area contributed by atoms with E-state index in [1.54, 1.807) is 14.2 Å². The van der Waals surface area contributed by atoms with Gasteiger partial charge in [0.05, 0.1) is 34.0 Å². The summed E-state index contributed by atoms with van der Waals surface area (Å²) in [6, 6.07) is 6.48. The van der Waals surface area contributed by atoms with Crippen LogP contribution in [0, 0.1) is 0 Å². The SMILES string of the molecule is CCNC(=NCCN1CCOCC1)NC1CCN(Cc2cc(OC)cc(OC)c2)C1. The van der Waals surface area contributed by atoms with Crippen molar-refractivity contribution in [3.8, 4) is 11.5 Å². The highest BCUT2D eigenvalue weighted by Crippen LogP contribution is 2.24. The summed E-state index contributed by atoms with van der Waals surface area (Å²) < 4.78 is 16.2. The molecule has 168 valence electrons. The van der Waals surface area contributed by atoms with Gasteiger partial charge in [-0.25, -0.2) is 0 Å². The monoisotopic (exact) mass is 419 g/mol. The molecule has 30 heavy (non-hydrogen) atoms. The Balaban J connectivity index is 1.48. The lowest BCUT2D eigenvalue weighted by molar-refractivity contribution is 0.0394. The number of likely N-dealkylation sites (tertiary alicyclic amines) is 1. The molecule has 1 unspecified atom stereocenters. The first-order valence-electron chi connectivity index (χ1n) is 11.0. The summed E-state index contributed by atoms with van der Waals surface area (Å²) in [6.07, 6.45) is 1.11. The maximum absolute atomic E-state index is 5.41. The highest BCUT2D eigenvalue weighted by atomic mass is 16.5. The number of aliphatic imine (C=N–C) groups is 1. The third-order valence-electron chi connectivity index (χ3n) is 5.56. The predicted molar refractivity (Wildman–Crippen MR) is 120 cm³/mol. The highest BCUT2D eigenvalue weighted by molar-refractivity contribution is 5.80. The Morgan fingerprint density at radius 2 is 1.83 bits per heavy atom. The molecule has 2 fully saturated rings. The van der Waals surface area contributed by atoms with Crippen LogP contribution in [-0.4, -0.2) is 95.0 Å². The maximum atomic E-state index is 5.41. The number of nitrogens with one attached hydrogen (secondary N) is 2. The van der Waals surface area contributed by atoms with Gasteiger partial charge in [0.15, 0.2) is 5.96 Å². The van der Waals surface area contributed by atoms with Gasteiger partial charge in [-0.2, -0.15) is 0 Å². The fraction of sp³-hybridized carbons (Fsp3) is 0.682. The van der Waals surface area contributed by atoms with E-state index in [9.17, 15) is 0 Å². The molecule has 0 saturated carbocycles. The van der Waals surface area contributed by atoms with E-state index in [1.165, 1.54) is 5.56 Å². The number of methoxy groups -OCH3 is 2. The van der Waals surface area contributed by atoms with E-state index in [1.807, 2.05) is 6.07 Å². The fourth-order valence-corrected chi connectivity index (χ4v) is 3.95. The van der Waals surface area contributed by atoms with Gasteiger partial charge >= 0.3 is 0 Å². The quantitative estimate of drug-likeness (QED) is 0.460. The molecule has 2 heterocycles. The summed E-state index contributed by atoms with van der Waals surface area (Å²) in [4.78, 5) is 9.66. The lowest BCUT2D eigenvalue weighted by Gasteiger charge is -2.26. The average Bonchev–Trinajstić information content (AvgIpc) is 3.20. The first-order chi connectivity index (χ1) is 14.7. The van der Waals surface area contributed by atoms with Gasteiger partial charge in [-0.05, 0) is 31.0 Å². The summed E-state index contributed by atoms with van der Waals surface area (Å²) in [6.45, 7) is 11.4. The van der Waals surface area contributed by atoms with Crippen LogP contribution in [0.15, 0.2) is 23.2 Å². The molecular formula is C22H37N5O3. The molecular weight excluding hydrogens is 382 g/mol. The van der Waals surface area contributed by atoms with E-state index in [0.29, 0.717) is 6.04 Å². The summed E-state index contributed by atoms with van der Waals surface area (Å²) in [5.41, 5.74) is 1.21. The number of benzene rings is 1. The van der Waals surface area contributed by atoms with Crippen molar-refractivity contribution in [2.75, 3.05) is 73.2 Å². The molecule has 8 nitrogen and oxygen atoms in total. The van der Waals surface area contributed by atoms with Crippen LogP contribution in [0.4, 0.5) is 0 Å². The van der Waals surface area contributed by atoms with Crippen LogP contribution < -0.4 is 20.1 Å². The van der Waals surface area contributed by atoms with Crippen LogP contribution in [0.5, 0.6) is 11.5 Å². The fourth-order valence-electron chi connectivity index (χ4n) is 3.95. The molecule has 0 bridgehead atoms. The Morgan fingerprint density at radius 1 is 1.10 bits per heavy atom. The van der Waals surface area contributed by atoms with Gasteiger partial charge in [0.1, 0.15) is 11.5 Å². The normalized spacial score (nSPS) is 20.9. The van der Waals surface area contributed by atoms with Gasteiger partial charge in [0, 0.05) is 57.9 Å². The minimum absolute atomic E-state index is 0.402. The van der Waals surface area contributed by atoms with Crippen LogP contribution >= 0.6 is 0 Å². The number of nitrogens with zero attached hydrogens (tertiary/aromatic N) is 3. The van der Waals surface area contributed by atoms with Gasteiger partial charge in [0.2, 0.25) is 0 Å². The number of hydrogen-bond donors (Lipinski definition) is 2. The summed E-state index contributed by atoms with van der Waals surface area (Å²) in [5.74, 6) is 2.58. The number of hydrogen-bond acceptors (Lipinski definition) is 6. The van der Waals surface area contributed by atoms with E-state index >= 15 is 0 Å². The van der Waals surface area contributed by atoms with Crippen LogP contribution in [0.2, 0.25) is 0 Å². The van der Waals surface area contributed by atoms with Crippen LogP contribution in [-0.2, 0) is 11.3 Å². The number of rotatable bonds is 9. The topological polar surface area (TPSA) is 70.6 Å². The molecule has 1 atom stereocenters. The van der Waals surface area contributed by atoms with Crippen LogP contribution in [0.3, 0.4) is 0 Å². The summed E-state index contributed by atoms with van der Waals surface area (Å²) in [7, 11) is 3.38. The molecule has 1 aromatic rings. The van der Waals surface area contributed by atoms with Gasteiger partial charge < -0.3 is 24.8 Å². The summed E-state index contributed by atoms with van der Waals surface area (Å²) in [5, 5.41) is 7.01. The van der Waals surface area contributed by atoms with Crippen molar-refractivity contribution in [2.45, 2.75) is 25.9 Å². The zero-order valence-electron chi connectivity index (χ0n) is 18.7. The zero-order valence-corrected chi connectivity index (χ0v) is 18.7. The van der Waals surface area contributed by atoms with Gasteiger partial charge in [-0.3, -0.25) is 14.8 Å². The van der Waals surface area contributed by atoms with E-state index in [4.69, 9.17) is 19.2 Å². The largest absolute Gasteiger partial charge is 0.497 e. The van der Waals surface area contributed by atoms with E-state index in [0.717, 1.165) is 89.5 Å². The third kappa shape index (κ3) is 7.04. The molecule has 2 aliphatic rings. The minimum atomic E-state index is 0.402. The maximum Gasteiger partial charge on any atom is 0.191 e. The van der Waals surface area contributed by atoms with Gasteiger partial charge in [-0.15, -0.1) is 0 Å². The molecule has 8 heteroatoms. The Bertz CT molecular complexity index is 656. The second-order valence-corrected chi connectivity index (χ2v) is 7.80. The molecule has 0 radical (unpaired) electrons. The first kappa shape index (κ1) is 22.7. The van der Waals surface area contributed by atoms with Gasteiger partial charge in [-0.1, -0.05) is 0 Å². The van der Waals surface area contributed by atoms with Crippen molar-refractivity contribution in [3.63, 3.8) is 0 Å². The smallest absolute Gasteiger partial charge is 0.191 e. The third-order valence-corrected chi connectivity index (χ3v) is 5.56. The highest BCUT2D eigenvalue weighted by Gasteiger charge is 2.23. The van der Waals surface area contributed by atoms with Crippen molar-refractivity contribution in [2.24, 2.45) is 4.99 Å². The standard InChI is InChI=1S/C22H37N5O3/c1-4-23-22(24-6-8-26-9-11-30-12-10-26)25-19-5-7-27(17-19)16-18-13-20(28-2)15-21(14-18)29-3/h13-15,19H,4-12,16-17H2,1-3H3,(H2,23,24,25). The van der Waals surface area contributed by atoms with E-state index in [-0.39, 0.29) is 0 Å². The molecule has 2 saturated heterocycles. The average molecular weight is 420 g/mol. The molecule has 1 aromatic carbocycles. The lowest BCUT2D eigenvalue weighted by Crippen LogP contribution is -2.45. The van der Waals surface area contributed by atoms with E-state index < -0.39 is 0 Å². The predicted octanol–water partition coefficient (Wildman–Crippen LogP) is 1.17. The second-order valence-electron chi connectivity index (χ2n) is 7.80. The Morgan fingerprint density at radius 3 is 2.50 bits per heavy atom. The number of morpholine rings is 1. The number of guanidine groups is 1. The van der Waals surface area contributed by atoms with Crippen LogP contribution in [0.1, 0.15) is 18.9 Å². The van der Waals surface area contributed by atoms with Crippen molar-refractivity contribution in [3.05, 3.63) is 23.8 Å². The molecule has 0 aliphatic carbocycles. The number of ether oxygens (including phenoxy) is 3. The van der Waals surface area contributed by atoms with Crippen molar-refractivity contribution in [1.82, 2.24) is 20.4 Å². The lowest BCUT2D eigenvalue weighted by atomic mass is 10.2. The molecule has 3 rings (SSSR count). The van der Waals surface area contributed by atoms with Crippen molar-refractivity contribution >= 4 is 5.96 Å². The molecule has 2 N–H and O–H groups in total. The first-order valence-corrected chi connectivity index (χ1v) is 11.0. The van der Waals surface area contributed by atoms with Crippen LogP contribution in [0.25, 0.3) is 0 Å². The molecule has 2 aliphatic heterocycles.